The lowest BCUT2D eigenvalue weighted by Crippen LogP contribution is -2.14. The van der Waals surface area contributed by atoms with Gasteiger partial charge in [0.25, 0.3) is 5.91 Å². The number of nitrogens with one attached hydrogen (secondary N) is 1. The third-order valence-electron chi connectivity index (χ3n) is 3.90. The molecule has 0 saturated carbocycles. The molecule has 0 atom stereocenters. The molecule has 0 unspecified atom stereocenters. The summed E-state index contributed by atoms with van der Waals surface area (Å²) in [5.74, 6) is -0.234. The van der Waals surface area contributed by atoms with Crippen molar-refractivity contribution < 1.29 is 14.6 Å². The number of aryl methyl sites for hydroxylation is 1. The summed E-state index contributed by atoms with van der Waals surface area (Å²) < 4.78 is 5.90. The number of nitriles is 1. The fourth-order valence-corrected chi connectivity index (χ4v) is 2.77. The third kappa shape index (κ3) is 4.44. The van der Waals surface area contributed by atoms with Crippen molar-refractivity contribution in [1.29, 1.82) is 5.26 Å². The first-order valence-electron chi connectivity index (χ1n) is 8.02. The SMILES string of the molecule is CCOc1cc(/C=C(\C#N)C(=O)Nc2cccc(C)c2C)c(Br)cc1O. The van der Waals surface area contributed by atoms with Crippen LogP contribution in [0.3, 0.4) is 0 Å². The van der Waals surface area contributed by atoms with E-state index < -0.39 is 5.91 Å². The van der Waals surface area contributed by atoms with Gasteiger partial charge in [-0.3, -0.25) is 4.79 Å². The van der Waals surface area contributed by atoms with Gasteiger partial charge in [-0.15, -0.1) is 0 Å². The standard InChI is InChI=1S/C20H19BrN2O3/c1-4-26-19-9-14(16(21)10-18(19)24)8-15(11-22)20(25)23-17-7-5-6-12(2)13(17)3/h5-10,24H,4H2,1-3H3,(H,23,25)/b15-8+. The van der Waals surface area contributed by atoms with Crippen molar-refractivity contribution in [2.45, 2.75) is 20.8 Å². The monoisotopic (exact) mass is 414 g/mol. The lowest BCUT2D eigenvalue weighted by molar-refractivity contribution is -0.112. The summed E-state index contributed by atoms with van der Waals surface area (Å²) in [6.07, 6.45) is 1.45. The van der Waals surface area contributed by atoms with Gasteiger partial charge in [0.05, 0.1) is 6.61 Å². The van der Waals surface area contributed by atoms with Crippen molar-refractivity contribution in [3.8, 4) is 17.6 Å². The van der Waals surface area contributed by atoms with Crippen molar-refractivity contribution in [2.75, 3.05) is 11.9 Å². The van der Waals surface area contributed by atoms with Gasteiger partial charge >= 0.3 is 0 Å². The van der Waals surface area contributed by atoms with Gasteiger partial charge in [-0.2, -0.15) is 5.26 Å². The highest BCUT2D eigenvalue weighted by Gasteiger charge is 2.14. The van der Waals surface area contributed by atoms with Crippen LogP contribution in [-0.2, 0) is 4.79 Å². The molecule has 26 heavy (non-hydrogen) atoms. The third-order valence-corrected chi connectivity index (χ3v) is 4.58. The van der Waals surface area contributed by atoms with Crippen LogP contribution < -0.4 is 10.1 Å². The largest absolute Gasteiger partial charge is 0.504 e. The lowest BCUT2D eigenvalue weighted by atomic mass is 10.1. The fourth-order valence-electron chi connectivity index (χ4n) is 2.32. The minimum atomic E-state index is -0.501. The molecular formula is C20H19BrN2O3. The number of hydrogen-bond donors (Lipinski definition) is 2. The average molecular weight is 415 g/mol. The summed E-state index contributed by atoms with van der Waals surface area (Å²) in [4.78, 5) is 12.5. The molecule has 0 aliphatic heterocycles. The molecule has 0 aliphatic carbocycles. The number of halogens is 1. The Hall–Kier alpha value is -2.78. The number of carbonyl (C=O) groups is 1. The van der Waals surface area contributed by atoms with E-state index in [-0.39, 0.29) is 17.1 Å². The molecule has 134 valence electrons. The number of carbonyl (C=O) groups excluding carboxylic acids is 1. The Bertz CT molecular complexity index is 914. The van der Waals surface area contributed by atoms with Crippen molar-refractivity contribution in [1.82, 2.24) is 0 Å². The number of nitrogens with zero attached hydrogens (tertiary/aromatic N) is 1. The van der Waals surface area contributed by atoms with E-state index in [1.54, 1.807) is 19.1 Å². The van der Waals surface area contributed by atoms with Gasteiger partial charge in [-0.1, -0.05) is 28.1 Å². The highest BCUT2D eigenvalue weighted by atomic mass is 79.9. The van der Waals surface area contributed by atoms with Crippen LogP contribution in [0, 0.1) is 25.2 Å². The highest BCUT2D eigenvalue weighted by Crippen LogP contribution is 2.34. The Balaban J connectivity index is 2.36. The molecule has 0 heterocycles. The van der Waals surface area contributed by atoms with Crippen LogP contribution in [-0.4, -0.2) is 17.6 Å². The van der Waals surface area contributed by atoms with E-state index in [0.717, 1.165) is 11.1 Å². The molecule has 0 bridgehead atoms. The highest BCUT2D eigenvalue weighted by molar-refractivity contribution is 9.10. The molecule has 0 saturated heterocycles. The fraction of sp³-hybridized carbons (Fsp3) is 0.200. The summed E-state index contributed by atoms with van der Waals surface area (Å²) >= 11 is 3.33. The van der Waals surface area contributed by atoms with Gasteiger partial charge in [-0.05, 0) is 61.7 Å². The summed E-state index contributed by atoms with van der Waals surface area (Å²) in [6, 6.07) is 10.6. The zero-order valence-electron chi connectivity index (χ0n) is 14.8. The second kappa shape index (κ2) is 8.54. The molecule has 2 rings (SSSR count). The molecule has 0 fully saturated rings. The molecule has 5 nitrogen and oxygen atoms in total. The molecule has 6 heteroatoms. The zero-order chi connectivity index (χ0) is 19.3. The minimum absolute atomic E-state index is 0.0192. The number of amides is 1. The molecule has 2 aromatic rings. The van der Waals surface area contributed by atoms with Crippen molar-refractivity contribution in [3.63, 3.8) is 0 Å². The normalized spacial score (nSPS) is 11.0. The summed E-state index contributed by atoms with van der Waals surface area (Å²) in [5, 5.41) is 22.0. The quantitative estimate of drug-likeness (QED) is 0.547. The number of aromatic hydroxyl groups is 1. The molecule has 0 spiro atoms. The van der Waals surface area contributed by atoms with Gasteiger partial charge in [0.1, 0.15) is 11.6 Å². The molecule has 1 amide bonds. The second-order valence-corrected chi connectivity index (χ2v) is 6.50. The van der Waals surface area contributed by atoms with E-state index in [1.165, 1.54) is 12.1 Å². The Morgan fingerprint density at radius 1 is 1.38 bits per heavy atom. The molecule has 2 aromatic carbocycles. The van der Waals surface area contributed by atoms with Gasteiger partial charge < -0.3 is 15.2 Å². The smallest absolute Gasteiger partial charge is 0.266 e. The van der Waals surface area contributed by atoms with E-state index in [0.29, 0.717) is 22.3 Å². The minimum Gasteiger partial charge on any atom is -0.504 e. The first-order chi connectivity index (χ1) is 12.4. The van der Waals surface area contributed by atoms with Crippen LogP contribution in [0.2, 0.25) is 0 Å². The number of hydrogen-bond acceptors (Lipinski definition) is 4. The molecule has 0 aromatic heterocycles. The Morgan fingerprint density at radius 3 is 2.77 bits per heavy atom. The number of benzene rings is 2. The second-order valence-electron chi connectivity index (χ2n) is 5.65. The van der Waals surface area contributed by atoms with Gasteiger partial charge in [0, 0.05) is 10.2 Å². The van der Waals surface area contributed by atoms with Crippen LogP contribution >= 0.6 is 15.9 Å². The van der Waals surface area contributed by atoms with E-state index in [9.17, 15) is 15.2 Å². The van der Waals surface area contributed by atoms with Crippen molar-refractivity contribution in [2.24, 2.45) is 0 Å². The van der Waals surface area contributed by atoms with Gasteiger partial charge in [-0.25, -0.2) is 0 Å². The van der Waals surface area contributed by atoms with Crippen LogP contribution in [0.5, 0.6) is 11.5 Å². The van der Waals surface area contributed by atoms with Crippen LogP contribution in [0.1, 0.15) is 23.6 Å². The summed E-state index contributed by atoms with van der Waals surface area (Å²) in [7, 11) is 0. The van der Waals surface area contributed by atoms with E-state index in [1.807, 2.05) is 32.0 Å². The van der Waals surface area contributed by atoms with Gasteiger partial charge in [0.15, 0.2) is 11.5 Å². The zero-order valence-corrected chi connectivity index (χ0v) is 16.3. The Morgan fingerprint density at radius 2 is 2.12 bits per heavy atom. The summed E-state index contributed by atoms with van der Waals surface area (Å²) in [5.41, 5.74) is 3.16. The number of anilines is 1. The Kier molecular flexibility index (Phi) is 6.42. The van der Waals surface area contributed by atoms with E-state index in [2.05, 4.69) is 21.2 Å². The Labute approximate surface area is 161 Å². The predicted molar refractivity (Wildman–Crippen MR) is 105 cm³/mol. The summed E-state index contributed by atoms with van der Waals surface area (Å²) in [6.45, 7) is 6.05. The first kappa shape index (κ1) is 19.5. The maximum Gasteiger partial charge on any atom is 0.266 e. The molecule has 0 radical (unpaired) electrons. The van der Waals surface area contributed by atoms with Crippen molar-refractivity contribution in [3.05, 3.63) is 57.1 Å². The number of ether oxygens (including phenoxy) is 1. The number of rotatable bonds is 5. The average Bonchev–Trinajstić information content (AvgIpc) is 2.60. The topological polar surface area (TPSA) is 82.3 Å². The maximum absolute atomic E-state index is 12.5. The molecular weight excluding hydrogens is 396 g/mol. The van der Waals surface area contributed by atoms with Crippen LogP contribution in [0.4, 0.5) is 5.69 Å². The number of phenolic OH excluding ortho intramolecular Hbond substituents is 1. The molecule has 0 aliphatic rings. The maximum atomic E-state index is 12.5. The number of phenols is 1. The lowest BCUT2D eigenvalue weighted by Gasteiger charge is -2.11. The van der Waals surface area contributed by atoms with Crippen LogP contribution in [0.15, 0.2) is 40.4 Å². The predicted octanol–water partition coefficient (Wildman–Crippen LogP) is 4.72. The van der Waals surface area contributed by atoms with Crippen molar-refractivity contribution >= 4 is 33.6 Å². The van der Waals surface area contributed by atoms with Crippen LogP contribution in [0.25, 0.3) is 6.08 Å². The van der Waals surface area contributed by atoms with Gasteiger partial charge in [0.2, 0.25) is 0 Å². The van der Waals surface area contributed by atoms with E-state index >= 15 is 0 Å². The first-order valence-corrected chi connectivity index (χ1v) is 8.81. The molecule has 2 N–H and O–H groups in total. The van der Waals surface area contributed by atoms with E-state index in [4.69, 9.17) is 4.74 Å².